The quantitative estimate of drug-likeness (QED) is 0.484. The van der Waals surface area contributed by atoms with Crippen molar-refractivity contribution < 1.29 is 19.1 Å². The molecule has 176 valence electrons. The normalized spacial score (nSPS) is 25.7. The third-order valence-electron chi connectivity index (χ3n) is 7.10. The van der Waals surface area contributed by atoms with Crippen molar-refractivity contribution in [1.29, 1.82) is 0 Å². The summed E-state index contributed by atoms with van der Waals surface area (Å²) >= 11 is 0. The van der Waals surface area contributed by atoms with Gasteiger partial charge in [-0.25, -0.2) is 4.79 Å². The average Bonchev–Trinajstić information content (AvgIpc) is 3.14. The van der Waals surface area contributed by atoms with Crippen LogP contribution in [0.15, 0.2) is 66.7 Å². The molecular weight excluding hydrogens is 430 g/mol. The van der Waals surface area contributed by atoms with Gasteiger partial charge >= 0.3 is 6.03 Å². The lowest BCUT2D eigenvalue weighted by molar-refractivity contribution is -0.143. The minimum atomic E-state index is -0.768. The number of likely N-dealkylation sites (tertiary alicyclic amines) is 1. The van der Waals surface area contributed by atoms with Crippen LogP contribution in [-0.4, -0.2) is 35.5 Å². The lowest BCUT2D eigenvalue weighted by atomic mass is 9.63. The highest BCUT2D eigenvalue weighted by atomic mass is 16.5. The Labute approximate surface area is 199 Å². The zero-order chi connectivity index (χ0) is 23.7. The molecule has 7 heteroatoms. The van der Waals surface area contributed by atoms with E-state index >= 15 is 0 Å². The topological polar surface area (TPSA) is 87.7 Å². The van der Waals surface area contributed by atoms with Crippen LogP contribution in [0.1, 0.15) is 25.3 Å². The van der Waals surface area contributed by atoms with Gasteiger partial charge in [-0.3, -0.25) is 14.5 Å². The number of fused-ring (bicyclic) bond motifs is 1. The molecule has 5 atom stereocenters. The zero-order valence-corrected chi connectivity index (χ0v) is 19.1. The summed E-state index contributed by atoms with van der Waals surface area (Å²) in [5.41, 5.74) is 1.53. The molecule has 6 rings (SSSR count). The van der Waals surface area contributed by atoms with Crippen molar-refractivity contribution in [2.75, 3.05) is 11.9 Å². The minimum absolute atomic E-state index is 0.103. The summed E-state index contributed by atoms with van der Waals surface area (Å²) in [7, 11) is 0. The molecule has 1 saturated heterocycles. The molecule has 7 nitrogen and oxygen atoms in total. The summed E-state index contributed by atoms with van der Waals surface area (Å²) < 4.78 is 5.44. The number of rotatable bonds is 7. The van der Waals surface area contributed by atoms with Gasteiger partial charge in [0.15, 0.2) is 0 Å². The Hall–Kier alpha value is -3.61. The molecule has 2 aromatic rings. The maximum Gasteiger partial charge on any atom is 0.320 e. The third-order valence-corrected chi connectivity index (χ3v) is 7.10. The van der Waals surface area contributed by atoms with Gasteiger partial charge in [0.25, 0.3) is 0 Å². The van der Waals surface area contributed by atoms with E-state index in [0.717, 1.165) is 24.2 Å². The SMILES string of the molecule is CCOc1ccc(NC(=O)N[C@H](Cc2ccccc2)N2C(=O)[C@@H]3[C@@H](C2=O)[C@H]2C=C[C@H]3CC2)cc1. The van der Waals surface area contributed by atoms with Gasteiger partial charge in [0.1, 0.15) is 11.9 Å². The van der Waals surface area contributed by atoms with Crippen LogP contribution in [-0.2, 0) is 16.0 Å². The number of amides is 4. The largest absolute Gasteiger partial charge is 0.494 e. The number of benzene rings is 2. The number of anilines is 1. The second kappa shape index (κ2) is 9.33. The molecule has 4 aliphatic rings. The minimum Gasteiger partial charge on any atom is -0.494 e. The van der Waals surface area contributed by atoms with E-state index in [1.807, 2.05) is 37.3 Å². The van der Waals surface area contributed by atoms with Crippen molar-refractivity contribution in [1.82, 2.24) is 10.2 Å². The molecule has 1 heterocycles. The van der Waals surface area contributed by atoms with Crippen LogP contribution < -0.4 is 15.4 Å². The Morgan fingerprint density at radius 3 is 2.15 bits per heavy atom. The maximum absolute atomic E-state index is 13.5. The molecule has 34 heavy (non-hydrogen) atoms. The van der Waals surface area contributed by atoms with Crippen LogP contribution in [0, 0.1) is 23.7 Å². The predicted molar refractivity (Wildman–Crippen MR) is 128 cm³/mol. The third kappa shape index (κ3) is 4.18. The number of urea groups is 1. The highest BCUT2D eigenvalue weighted by molar-refractivity contribution is 6.06. The number of nitrogens with zero attached hydrogens (tertiary/aromatic N) is 1. The molecule has 0 unspecified atom stereocenters. The van der Waals surface area contributed by atoms with E-state index < -0.39 is 12.2 Å². The maximum atomic E-state index is 13.5. The van der Waals surface area contributed by atoms with Crippen LogP contribution in [0.4, 0.5) is 10.5 Å². The zero-order valence-electron chi connectivity index (χ0n) is 19.1. The molecule has 0 radical (unpaired) electrons. The lowest BCUT2D eigenvalue weighted by Gasteiger charge is -2.38. The van der Waals surface area contributed by atoms with Gasteiger partial charge in [0, 0.05) is 12.1 Å². The van der Waals surface area contributed by atoms with Gasteiger partial charge in [-0.1, -0.05) is 42.5 Å². The summed E-state index contributed by atoms with van der Waals surface area (Å²) in [5, 5.41) is 5.70. The predicted octanol–water partition coefficient (Wildman–Crippen LogP) is 3.97. The van der Waals surface area contributed by atoms with Crippen molar-refractivity contribution in [3.63, 3.8) is 0 Å². The van der Waals surface area contributed by atoms with Crippen molar-refractivity contribution in [2.45, 2.75) is 32.4 Å². The first-order valence-electron chi connectivity index (χ1n) is 11.9. The number of hydrogen-bond acceptors (Lipinski definition) is 4. The number of ether oxygens (including phenoxy) is 1. The smallest absolute Gasteiger partial charge is 0.320 e. The van der Waals surface area contributed by atoms with Gasteiger partial charge in [0.2, 0.25) is 11.8 Å². The second-order valence-electron chi connectivity index (χ2n) is 9.15. The van der Waals surface area contributed by atoms with Gasteiger partial charge in [-0.2, -0.15) is 0 Å². The monoisotopic (exact) mass is 459 g/mol. The molecule has 0 aromatic heterocycles. The molecule has 3 aliphatic carbocycles. The summed E-state index contributed by atoms with van der Waals surface area (Å²) in [6.07, 6.45) is 5.64. The highest BCUT2D eigenvalue weighted by Crippen LogP contribution is 2.50. The highest BCUT2D eigenvalue weighted by Gasteiger charge is 2.58. The fourth-order valence-electron chi connectivity index (χ4n) is 5.57. The van der Waals surface area contributed by atoms with E-state index in [0.29, 0.717) is 18.7 Å². The lowest BCUT2D eigenvalue weighted by Crippen LogP contribution is -2.53. The van der Waals surface area contributed by atoms with Crippen LogP contribution in [0.25, 0.3) is 0 Å². The Morgan fingerprint density at radius 1 is 0.971 bits per heavy atom. The van der Waals surface area contributed by atoms with Crippen molar-refractivity contribution >= 4 is 23.5 Å². The molecule has 1 saturated carbocycles. The number of hydrogen-bond donors (Lipinski definition) is 2. The summed E-state index contributed by atoms with van der Waals surface area (Å²) in [6.45, 7) is 2.47. The molecule has 2 N–H and O–H groups in total. The van der Waals surface area contributed by atoms with E-state index in [-0.39, 0.29) is 35.5 Å². The first kappa shape index (κ1) is 22.2. The first-order chi connectivity index (χ1) is 16.5. The van der Waals surface area contributed by atoms with Gasteiger partial charge < -0.3 is 15.4 Å². The number of imide groups is 1. The van der Waals surface area contributed by atoms with Gasteiger partial charge in [0.05, 0.1) is 18.4 Å². The fourth-order valence-corrected chi connectivity index (χ4v) is 5.57. The number of allylic oxidation sites excluding steroid dienone is 2. The molecule has 2 aromatic carbocycles. The van der Waals surface area contributed by atoms with E-state index in [9.17, 15) is 14.4 Å². The van der Waals surface area contributed by atoms with Crippen LogP contribution in [0.3, 0.4) is 0 Å². The molecule has 1 aliphatic heterocycles. The summed E-state index contributed by atoms with van der Waals surface area (Å²) in [5.74, 6) is -0.0452. The Kier molecular flexibility index (Phi) is 6.09. The van der Waals surface area contributed by atoms with Crippen molar-refractivity contribution in [3.8, 4) is 5.75 Å². The van der Waals surface area contributed by atoms with E-state index in [1.165, 1.54) is 4.90 Å². The summed E-state index contributed by atoms with van der Waals surface area (Å²) in [4.78, 5) is 41.2. The second-order valence-corrected chi connectivity index (χ2v) is 9.15. The van der Waals surface area contributed by atoms with Gasteiger partial charge in [-0.05, 0) is 61.4 Å². The van der Waals surface area contributed by atoms with Crippen molar-refractivity contribution in [2.24, 2.45) is 23.7 Å². The van der Waals surface area contributed by atoms with E-state index in [2.05, 4.69) is 22.8 Å². The number of nitrogens with one attached hydrogen (secondary N) is 2. The molecule has 4 amide bonds. The standard InChI is InChI=1S/C27H29N3O4/c1-2-34-21-14-12-20(13-15-21)28-27(33)29-22(16-17-6-4-3-5-7-17)30-25(31)23-18-8-9-19(11-10-18)24(23)26(30)32/h3-9,12-15,18-19,22-24H,2,10-11,16H2,1H3,(H2,28,29,33)/t18-,19-,22-,23-,24-/m0/s1. The molecular formula is C27H29N3O4. The number of carbonyl (C=O) groups excluding carboxylic acids is 3. The first-order valence-corrected chi connectivity index (χ1v) is 11.9. The van der Waals surface area contributed by atoms with Crippen LogP contribution >= 0.6 is 0 Å². The van der Waals surface area contributed by atoms with Crippen molar-refractivity contribution in [3.05, 3.63) is 72.3 Å². The fraction of sp³-hybridized carbons (Fsp3) is 0.370. The Morgan fingerprint density at radius 2 is 1.59 bits per heavy atom. The number of carbonyl (C=O) groups is 3. The van der Waals surface area contributed by atoms with Gasteiger partial charge in [-0.15, -0.1) is 0 Å². The molecule has 2 fully saturated rings. The molecule has 0 spiro atoms. The Bertz CT molecular complexity index is 1070. The Balaban J connectivity index is 1.36. The average molecular weight is 460 g/mol. The summed E-state index contributed by atoms with van der Waals surface area (Å²) in [6, 6.07) is 16.2. The van der Waals surface area contributed by atoms with Crippen LogP contribution in [0.2, 0.25) is 0 Å². The van der Waals surface area contributed by atoms with E-state index in [1.54, 1.807) is 24.3 Å². The van der Waals surface area contributed by atoms with Crippen LogP contribution in [0.5, 0.6) is 5.75 Å². The van der Waals surface area contributed by atoms with E-state index in [4.69, 9.17) is 4.74 Å². The molecule has 2 bridgehead atoms.